The first-order chi connectivity index (χ1) is 19.6. The molecule has 5 N–H and O–H groups in total. The van der Waals surface area contributed by atoms with Crippen molar-refractivity contribution in [3.63, 3.8) is 0 Å². The second kappa shape index (κ2) is 13.1. The van der Waals surface area contributed by atoms with Gasteiger partial charge in [0.2, 0.25) is 23.6 Å². The van der Waals surface area contributed by atoms with Gasteiger partial charge in [-0.25, -0.2) is 14.2 Å². The van der Waals surface area contributed by atoms with Crippen LogP contribution in [0.4, 0.5) is 17.6 Å². The van der Waals surface area contributed by atoms with E-state index in [2.05, 4.69) is 25.9 Å². The molecule has 0 spiro atoms. The Hall–Kier alpha value is -4.34. The number of hydrogen-bond donors (Lipinski definition) is 5. The predicted octanol–water partition coefficient (Wildman–Crippen LogP) is 0.648. The second-order valence-corrected chi connectivity index (χ2v) is 10.1. The highest BCUT2D eigenvalue weighted by Crippen LogP contribution is 2.22. The van der Waals surface area contributed by atoms with Crippen molar-refractivity contribution in [1.82, 2.24) is 25.9 Å². The molecule has 0 radical (unpaired) electrons. The standard InChI is InChI=1S/C26H29F4N5O7/c1-9(2)17-26(41)42-11(4)18(34-25(40)19-14(36)6-5-7-31-19)24(39)32-13(20(37)10(3)23(38)33-17)8-12-15(27)16(28)22(30)35-21(12)29/h5-7,9-11,13,17-18,20,36-37H,8H2,1-4H3,(H,32,39)(H,33,38)(H,34,40). The Balaban J connectivity index is 2.07. The second-order valence-electron chi connectivity index (χ2n) is 10.1. The Morgan fingerprint density at radius 3 is 2.36 bits per heavy atom. The van der Waals surface area contributed by atoms with E-state index in [1.165, 1.54) is 26.1 Å². The van der Waals surface area contributed by atoms with Gasteiger partial charge in [0.15, 0.2) is 11.5 Å². The highest BCUT2D eigenvalue weighted by molar-refractivity contribution is 5.98. The molecule has 1 aliphatic rings. The molecule has 0 aromatic carbocycles. The molecule has 2 aromatic rings. The van der Waals surface area contributed by atoms with Gasteiger partial charge in [0, 0.05) is 18.2 Å². The van der Waals surface area contributed by atoms with Gasteiger partial charge in [-0.1, -0.05) is 20.8 Å². The van der Waals surface area contributed by atoms with Crippen LogP contribution in [0.1, 0.15) is 43.7 Å². The summed E-state index contributed by atoms with van der Waals surface area (Å²) >= 11 is 0. The summed E-state index contributed by atoms with van der Waals surface area (Å²) in [6, 6.07) is -2.31. The molecule has 3 amide bonds. The SMILES string of the molecule is CC(C)C1NC(=O)C(C)C(O)C(Cc2c(F)nc(F)c(F)c2F)NC(=O)C(NC(=O)c2ncccc2O)C(C)OC1=O. The Bertz CT molecular complexity index is 1380. The molecule has 228 valence electrons. The van der Waals surface area contributed by atoms with E-state index >= 15 is 0 Å². The number of aliphatic hydroxyl groups excluding tert-OH is 1. The number of carbonyl (C=O) groups excluding carboxylic acids is 4. The van der Waals surface area contributed by atoms with Gasteiger partial charge in [-0.15, -0.1) is 0 Å². The lowest BCUT2D eigenvalue weighted by Crippen LogP contribution is -2.61. The van der Waals surface area contributed by atoms with Crippen LogP contribution in [0.15, 0.2) is 18.3 Å². The first-order valence-electron chi connectivity index (χ1n) is 12.8. The van der Waals surface area contributed by atoms with Crippen molar-refractivity contribution in [2.45, 2.75) is 64.4 Å². The minimum absolute atomic E-state index is 0.496. The molecule has 6 unspecified atom stereocenters. The van der Waals surface area contributed by atoms with E-state index in [4.69, 9.17) is 4.74 Å². The summed E-state index contributed by atoms with van der Waals surface area (Å²) in [6.07, 6.45) is -3.22. The zero-order chi connectivity index (χ0) is 31.5. The van der Waals surface area contributed by atoms with Gasteiger partial charge in [-0.2, -0.15) is 18.2 Å². The van der Waals surface area contributed by atoms with Crippen LogP contribution in [0.2, 0.25) is 0 Å². The van der Waals surface area contributed by atoms with Gasteiger partial charge < -0.3 is 30.9 Å². The largest absolute Gasteiger partial charge is 0.505 e. The molecule has 12 nitrogen and oxygen atoms in total. The number of nitrogens with one attached hydrogen (secondary N) is 3. The lowest BCUT2D eigenvalue weighted by atomic mass is 9.91. The number of hydrogen-bond acceptors (Lipinski definition) is 9. The molecule has 1 saturated heterocycles. The van der Waals surface area contributed by atoms with E-state index in [1.54, 1.807) is 13.8 Å². The highest BCUT2D eigenvalue weighted by Gasteiger charge is 2.40. The summed E-state index contributed by atoms with van der Waals surface area (Å²) in [5.74, 6) is -14.6. The summed E-state index contributed by atoms with van der Waals surface area (Å²) in [4.78, 5) is 58.7. The Morgan fingerprint density at radius 1 is 1.07 bits per heavy atom. The van der Waals surface area contributed by atoms with Crippen molar-refractivity contribution in [2.24, 2.45) is 11.8 Å². The molecule has 0 aliphatic carbocycles. The number of carbonyl (C=O) groups is 4. The summed E-state index contributed by atoms with van der Waals surface area (Å²) in [5, 5.41) is 28.0. The van der Waals surface area contributed by atoms with Gasteiger partial charge >= 0.3 is 5.97 Å². The van der Waals surface area contributed by atoms with Gasteiger partial charge in [0.25, 0.3) is 11.9 Å². The van der Waals surface area contributed by atoms with Crippen molar-refractivity contribution < 1.29 is 51.7 Å². The number of ether oxygens (including phenoxy) is 1. The minimum atomic E-state index is -2.10. The summed E-state index contributed by atoms with van der Waals surface area (Å²) in [5.41, 5.74) is -1.64. The maximum atomic E-state index is 14.5. The number of aliphatic hydroxyl groups is 1. The molecule has 2 aromatic heterocycles. The Kier molecular flexibility index (Phi) is 10.0. The summed E-state index contributed by atoms with van der Waals surface area (Å²) < 4.78 is 61.7. The van der Waals surface area contributed by atoms with E-state index < -0.39 is 113 Å². The van der Waals surface area contributed by atoms with Gasteiger partial charge in [-0.05, 0) is 25.0 Å². The highest BCUT2D eigenvalue weighted by atomic mass is 19.2. The van der Waals surface area contributed by atoms with Crippen molar-refractivity contribution in [1.29, 1.82) is 0 Å². The molecule has 1 fully saturated rings. The quantitative estimate of drug-likeness (QED) is 0.187. The Labute approximate surface area is 236 Å². The van der Waals surface area contributed by atoms with E-state index in [0.717, 1.165) is 6.07 Å². The number of amides is 3. The minimum Gasteiger partial charge on any atom is -0.505 e. The zero-order valence-electron chi connectivity index (χ0n) is 22.8. The lowest BCUT2D eigenvalue weighted by Gasteiger charge is -2.34. The molecular formula is C26H29F4N5O7. The van der Waals surface area contributed by atoms with Crippen LogP contribution in [0, 0.1) is 35.4 Å². The molecule has 42 heavy (non-hydrogen) atoms. The maximum Gasteiger partial charge on any atom is 0.329 e. The third-order valence-corrected chi connectivity index (χ3v) is 6.73. The molecular weight excluding hydrogens is 570 g/mol. The van der Waals surface area contributed by atoms with Crippen LogP contribution in [0.3, 0.4) is 0 Å². The monoisotopic (exact) mass is 599 g/mol. The van der Waals surface area contributed by atoms with Crippen molar-refractivity contribution in [2.75, 3.05) is 0 Å². The van der Waals surface area contributed by atoms with Crippen LogP contribution in [-0.2, 0) is 25.5 Å². The number of aromatic nitrogens is 2. The molecule has 16 heteroatoms. The van der Waals surface area contributed by atoms with Crippen LogP contribution in [0.25, 0.3) is 0 Å². The summed E-state index contributed by atoms with van der Waals surface area (Å²) in [6.45, 7) is 5.56. The molecule has 6 atom stereocenters. The fourth-order valence-corrected chi connectivity index (χ4v) is 4.23. The van der Waals surface area contributed by atoms with Crippen LogP contribution in [-0.4, -0.2) is 74.2 Å². The first-order valence-corrected chi connectivity index (χ1v) is 12.8. The van der Waals surface area contributed by atoms with Crippen molar-refractivity contribution >= 4 is 23.7 Å². The lowest BCUT2D eigenvalue weighted by molar-refractivity contribution is -0.157. The van der Waals surface area contributed by atoms with Gasteiger partial charge in [0.05, 0.1) is 18.1 Å². The zero-order valence-corrected chi connectivity index (χ0v) is 22.8. The number of halogens is 4. The number of esters is 1. The topological polar surface area (TPSA) is 180 Å². The molecule has 3 rings (SSSR count). The third kappa shape index (κ3) is 6.92. The first kappa shape index (κ1) is 32.2. The average Bonchev–Trinajstić information content (AvgIpc) is 2.93. The smallest absolute Gasteiger partial charge is 0.329 e. The van der Waals surface area contributed by atoms with Crippen molar-refractivity contribution in [3.8, 4) is 5.75 Å². The average molecular weight is 600 g/mol. The summed E-state index contributed by atoms with van der Waals surface area (Å²) in [7, 11) is 0. The number of aromatic hydroxyl groups is 1. The van der Waals surface area contributed by atoms with Crippen LogP contribution >= 0.6 is 0 Å². The molecule has 1 aliphatic heterocycles. The normalized spacial score (nSPS) is 25.5. The maximum absolute atomic E-state index is 14.5. The van der Waals surface area contributed by atoms with Crippen molar-refractivity contribution in [3.05, 3.63) is 53.1 Å². The molecule has 0 bridgehead atoms. The fraction of sp³-hybridized carbons (Fsp3) is 0.462. The number of cyclic esters (lactones) is 1. The van der Waals surface area contributed by atoms with E-state index in [0.29, 0.717) is 0 Å². The number of pyridine rings is 2. The third-order valence-electron chi connectivity index (χ3n) is 6.73. The van der Waals surface area contributed by atoms with E-state index in [9.17, 15) is 47.0 Å². The van der Waals surface area contributed by atoms with E-state index in [-0.39, 0.29) is 0 Å². The van der Waals surface area contributed by atoms with Gasteiger partial charge in [0.1, 0.15) is 23.9 Å². The number of rotatable bonds is 5. The van der Waals surface area contributed by atoms with Crippen LogP contribution in [0.5, 0.6) is 5.75 Å². The van der Waals surface area contributed by atoms with Crippen LogP contribution < -0.4 is 16.0 Å². The number of nitrogens with zero attached hydrogens (tertiary/aromatic N) is 2. The fourth-order valence-electron chi connectivity index (χ4n) is 4.23. The van der Waals surface area contributed by atoms with Gasteiger partial charge in [-0.3, -0.25) is 14.4 Å². The van der Waals surface area contributed by atoms with E-state index in [1.807, 2.05) is 0 Å². The predicted molar refractivity (Wildman–Crippen MR) is 134 cm³/mol. The molecule has 0 saturated carbocycles. The Morgan fingerprint density at radius 2 is 1.74 bits per heavy atom. The molecule has 3 heterocycles.